The third kappa shape index (κ3) is 3.53. The zero-order valence-electron chi connectivity index (χ0n) is 14.7. The number of imidazole rings is 1. The van der Waals surface area contributed by atoms with Crippen LogP contribution in [0, 0.1) is 6.92 Å². The smallest absolute Gasteiger partial charge is 0.251 e. The predicted octanol–water partition coefficient (Wildman–Crippen LogP) is 3.19. The molecule has 4 rings (SSSR count). The van der Waals surface area contributed by atoms with Gasteiger partial charge < -0.3 is 14.6 Å². The van der Waals surface area contributed by atoms with Gasteiger partial charge in [-0.1, -0.05) is 48.0 Å². The van der Waals surface area contributed by atoms with Crippen molar-refractivity contribution in [3.05, 3.63) is 77.7 Å². The Morgan fingerprint density at radius 1 is 1.19 bits per heavy atom. The summed E-state index contributed by atoms with van der Waals surface area (Å²) in [5, 5.41) is 2.95. The monoisotopic (exact) mass is 347 g/mol. The maximum absolute atomic E-state index is 12.2. The number of fused-ring (bicyclic) bond motifs is 1. The lowest BCUT2D eigenvalue weighted by Crippen LogP contribution is -2.38. The highest BCUT2D eigenvalue weighted by Crippen LogP contribution is 2.22. The Morgan fingerprint density at radius 2 is 1.96 bits per heavy atom. The first-order valence-electron chi connectivity index (χ1n) is 8.77. The summed E-state index contributed by atoms with van der Waals surface area (Å²) in [6, 6.07) is 17.6. The van der Waals surface area contributed by atoms with Gasteiger partial charge in [0.05, 0.1) is 18.3 Å². The van der Waals surface area contributed by atoms with Crippen LogP contribution in [0.4, 0.5) is 0 Å². The molecule has 1 amide bonds. The second-order valence-electron chi connectivity index (χ2n) is 6.57. The first-order chi connectivity index (χ1) is 12.7. The van der Waals surface area contributed by atoms with Gasteiger partial charge in [0.25, 0.3) is 5.91 Å². The van der Waals surface area contributed by atoms with Gasteiger partial charge in [-0.15, -0.1) is 0 Å². The molecule has 0 fully saturated rings. The number of aromatic nitrogens is 2. The zero-order chi connectivity index (χ0) is 17.9. The molecule has 132 valence electrons. The van der Waals surface area contributed by atoms with E-state index in [9.17, 15) is 4.79 Å². The number of rotatable bonds is 4. The third-order valence-corrected chi connectivity index (χ3v) is 4.58. The Morgan fingerprint density at radius 3 is 2.73 bits per heavy atom. The lowest BCUT2D eigenvalue weighted by Gasteiger charge is -2.24. The molecule has 26 heavy (non-hydrogen) atoms. The van der Waals surface area contributed by atoms with Gasteiger partial charge in [0.2, 0.25) is 0 Å². The number of nitrogens with one attached hydrogen (secondary N) is 1. The van der Waals surface area contributed by atoms with Crippen LogP contribution < -0.4 is 5.32 Å². The maximum atomic E-state index is 12.2. The first kappa shape index (κ1) is 16.5. The summed E-state index contributed by atoms with van der Waals surface area (Å²) in [5.74, 6) is 0.845. The van der Waals surface area contributed by atoms with E-state index in [1.807, 2.05) is 18.2 Å². The van der Waals surface area contributed by atoms with Crippen molar-refractivity contribution in [2.75, 3.05) is 6.54 Å². The Balaban J connectivity index is 1.40. The molecule has 2 heterocycles. The molecule has 5 nitrogen and oxygen atoms in total. The largest absolute Gasteiger partial charge is 0.367 e. The molecule has 1 unspecified atom stereocenters. The Labute approximate surface area is 152 Å². The molecule has 5 heteroatoms. The van der Waals surface area contributed by atoms with Gasteiger partial charge in [0.1, 0.15) is 12.4 Å². The summed E-state index contributed by atoms with van der Waals surface area (Å²) in [6.45, 7) is 3.69. The third-order valence-electron chi connectivity index (χ3n) is 4.58. The minimum Gasteiger partial charge on any atom is -0.367 e. The Kier molecular flexibility index (Phi) is 4.54. The lowest BCUT2D eigenvalue weighted by atomic mass is 10.1. The van der Waals surface area contributed by atoms with E-state index >= 15 is 0 Å². The molecule has 0 saturated heterocycles. The second kappa shape index (κ2) is 7.14. The molecule has 3 aromatic rings. The van der Waals surface area contributed by atoms with Crippen LogP contribution in [-0.2, 0) is 17.9 Å². The normalized spacial score (nSPS) is 16.1. The van der Waals surface area contributed by atoms with Crippen molar-refractivity contribution in [1.82, 2.24) is 14.9 Å². The lowest BCUT2D eigenvalue weighted by molar-refractivity contribution is 0.00327. The van der Waals surface area contributed by atoms with E-state index in [4.69, 9.17) is 4.74 Å². The molecule has 0 spiro atoms. The summed E-state index contributed by atoms with van der Waals surface area (Å²) in [7, 11) is 0. The molecule has 1 aliphatic heterocycles. The minimum absolute atomic E-state index is 0.0600. The number of ether oxygens (including phenoxy) is 1. The van der Waals surface area contributed by atoms with Gasteiger partial charge >= 0.3 is 0 Å². The molecule has 2 aromatic carbocycles. The van der Waals surface area contributed by atoms with E-state index in [2.05, 4.69) is 52.3 Å². The van der Waals surface area contributed by atoms with Crippen LogP contribution in [0.1, 0.15) is 21.7 Å². The fourth-order valence-electron chi connectivity index (χ4n) is 3.08. The van der Waals surface area contributed by atoms with E-state index in [1.165, 1.54) is 5.56 Å². The topological polar surface area (TPSA) is 56.1 Å². The summed E-state index contributed by atoms with van der Waals surface area (Å²) in [6.07, 6.45) is 2.00. The van der Waals surface area contributed by atoms with Crippen molar-refractivity contribution in [3.63, 3.8) is 0 Å². The average Bonchev–Trinajstić information content (AvgIpc) is 3.10. The number of amides is 1. The van der Waals surface area contributed by atoms with Gasteiger partial charge in [-0.3, -0.25) is 4.79 Å². The fourth-order valence-corrected chi connectivity index (χ4v) is 3.08. The average molecular weight is 347 g/mol. The van der Waals surface area contributed by atoms with E-state index in [-0.39, 0.29) is 12.0 Å². The van der Waals surface area contributed by atoms with Gasteiger partial charge in [0.15, 0.2) is 0 Å². The molecular weight excluding hydrogens is 326 g/mol. The zero-order valence-corrected chi connectivity index (χ0v) is 14.7. The molecule has 0 saturated carbocycles. The van der Waals surface area contributed by atoms with Crippen LogP contribution >= 0.6 is 0 Å². The molecule has 1 aliphatic rings. The van der Waals surface area contributed by atoms with E-state index in [0.717, 1.165) is 17.1 Å². The Hall–Kier alpha value is -2.92. The fraction of sp³-hybridized carbons (Fsp3) is 0.238. The standard InChI is InChI=1S/C21H21N3O2/c1-15-7-9-16(10-8-15)19-13-24-12-18(26-14-20(24)23-19)11-22-21(25)17-5-3-2-4-6-17/h2-10,13,18H,11-12,14H2,1H3,(H,22,25). The van der Waals surface area contributed by atoms with Gasteiger partial charge in [-0.25, -0.2) is 4.98 Å². The number of hydrogen-bond donors (Lipinski definition) is 1. The Bertz CT molecular complexity index is 901. The molecule has 0 radical (unpaired) electrons. The number of carbonyl (C=O) groups excluding carboxylic acids is 1. The van der Waals surface area contributed by atoms with Crippen LogP contribution in [0.2, 0.25) is 0 Å². The van der Waals surface area contributed by atoms with Crippen LogP contribution in [0.25, 0.3) is 11.3 Å². The number of aryl methyl sites for hydroxylation is 1. The summed E-state index contributed by atoms with van der Waals surface area (Å²) in [5.41, 5.74) is 3.95. The quantitative estimate of drug-likeness (QED) is 0.789. The second-order valence-corrected chi connectivity index (χ2v) is 6.57. The van der Waals surface area contributed by atoms with Crippen molar-refractivity contribution in [1.29, 1.82) is 0 Å². The number of nitrogens with zero attached hydrogens (tertiary/aromatic N) is 2. The van der Waals surface area contributed by atoms with Crippen molar-refractivity contribution in [3.8, 4) is 11.3 Å². The highest BCUT2D eigenvalue weighted by Gasteiger charge is 2.22. The number of hydrogen-bond acceptors (Lipinski definition) is 3. The molecular formula is C21H21N3O2. The SMILES string of the molecule is Cc1ccc(-c2cn3c(n2)COC(CNC(=O)c2ccccc2)C3)cc1. The van der Waals surface area contributed by atoms with E-state index < -0.39 is 0 Å². The molecule has 0 bridgehead atoms. The van der Waals surface area contributed by atoms with Gasteiger partial charge in [-0.2, -0.15) is 0 Å². The van der Waals surface area contributed by atoms with E-state index in [1.54, 1.807) is 12.1 Å². The van der Waals surface area contributed by atoms with Crippen LogP contribution in [0.3, 0.4) is 0 Å². The van der Waals surface area contributed by atoms with Crippen molar-refractivity contribution in [2.45, 2.75) is 26.2 Å². The molecule has 1 aromatic heterocycles. The van der Waals surface area contributed by atoms with Crippen molar-refractivity contribution < 1.29 is 9.53 Å². The summed E-state index contributed by atoms with van der Waals surface area (Å²) in [4.78, 5) is 16.8. The summed E-state index contributed by atoms with van der Waals surface area (Å²) < 4.78 is 7.98. The highest BCUT2D eigenvalue weighted by molar-refractivity contribution is 5.94. The predicted molar refractivity (Wildman–Crippen MR) is 99.8 cm³/mol. The maximum Gasteiger partial charge on any atom is 0.251 e. The van der Waals surface area contributed by atoms with Gasteiger partial charge in [-0.05, 0) is 19.1 Å². The molecule has 1 N–H and O–H groups in total. The van der Waals surface area contributed by atoms with Crippen LogP contribution in [0.15, 0.2) is 60.8 Å². The van der Waals surface area contributed by atoms with Crippen molar-refractivity contribution >= 4 is 5.91 Å². The van der Waals surface area contributed by atoms with Gasteiger partial charge in [0, 0.05) is 23.9 Å². The molecule has 1 atom stereocenters. The highest BCUT2D eigenvalue weighted by atomic mass is 16.5. The minimum atomic E-state index is -0.0778. The van der Waals surface area contributed by atoms with Crippen LogP contribution in [0.5, 0.6) is 0 Å². The van der Waals surface area contributed by atoms with E-state index in [0.29, 0.717) is 25.3 Å². The number of carbonyl (C=O) groups is 1. The molecule has 0 aliphatic carbocycles. The summed E-state index contributed by atoms with van der Waals surface area (Å²) >= 11 is 0. The van der Waals surface area contributed by atoms with Crippen LogP contribution in [-0.4, -0.2) is 28.1 Å². The van der Waals surface area contributed by atoms with Crippen molar-refractivity contribution in [2.24, 2.45) is 0 Å². The number of benzene rings is 2. The first-order valence-corrected chi connectivity index (χ1v) is 8.77.